The highest BCUT2D eigenvalue weighted by Gasteiger charge is 2.14. The Labute approximate surface area is 172 Å². The Morgan fingerprint density at radius 2 is 1.79 bits per heavy atom. The number of aromatic nitrogens is 1. The maximum atomic E-state index is 12.8. The Hall–Kier alpha value is -3.34. The van der Waals surface area contributed by atoms with Crippen LogP contribution in [0.5, 0.6) is 5.75 Å². The van der Waals surface area contributed by atoms with Crippen LogP contribution in [-0.2, 0) is 6.54 Å². The minimum Gasteiger partial charge on any atom is -0.489 e. The Bertz CT molecular complexity index is 942. The molecule has 5 heteroatoms. The molecule has 1 heterocycles. The number of carbonyl (C=O) groups excluding carboxylic acids is 1. The van der Waals surface area contributed by atoms with Gasteiger partial charge in [0.25, 0.3) is 5.91 Å². The van der Waals surface area contributed by atoms with Crippen molar-refractivity contribution in [1.29, 1.82) is 0 Å². The molecule has 0 unspecified atom stereocenters. The van der Waals surface area contributed by atoms with Crippen LogP contribution in [0.4, 0.5) is 11.4 Å². The Morgan fingerprint density at radius 1 is 1.07 bits per heavy atom. The first-order chi connectivity index (χ1) is 14.1. The van der Waals surface area contributed by atoms with Crippen LogP contribution >= 0.6 is 0 Å². The molecule has 0 aliphatic heterocycles. The number of rotatable bonds is 8. The number of ether oxygens (including phenoxy) is 1. The Balaban J connectivity index is 1.77. The molecular formula is C24H27N3O2. The average molecular weight is 389 g/mol. The lowest BCUT2D eigenvalue weighted by molar-refractivity contribution is 0.102. The molecule has 0 saturated carbocycles. The van der Waals surface area contributed by atoms with Crippen LogP contribution in [0.1, 0.15) is 36.8 Å². The number of nitrogens with one attached hydrogen (secondary N) is 1. The van der Waals surface area contributed by atoms with E-state index in [0.29, 0.717) is 17.1 Å². The summed E-state index contributed by atoms with van der Waals surface area (Å²) in [7, 11) is 0. The van der Waals surface area contributed by atoms with Gasteiger partial charge in [-0.1, -0.05) is 42.5 Å². The summed E-state index contributed by atoms with van der Waals surface area (Å²) in [6, 6.07) is 21.5. The molecule has 3 rings (SSSR count). The number of para-hydroxylation sites is 2. The molecule has 1 amide bonds. The largest absolute Gasteiger partial charge is 0.489 e. The van der Waals surface area contributed by atoms with E-state index in [1.54, 1.807) is 6.20 Å². The van der Waals surface area contributed by atoms with Crippen molar-refractivity contribution in [3.8, 4) is 5.75 Å². The summed E-state index contributed by atoms with van der Waals surface area (Å²) >= 11 is 0. The summed E-state index contributed by atoms with van der Waals surface area (Å²) in [5.41, 5.74) is 3.18. The number of hydrogen-bond donors (Lipinski definition) is 1. The second-order valence-electron chi connectivity index (χ2n) is 7.02. The molecule has 1 aromatic heterocycles. The van der Waals surface area contributed by atoms with Gasteiger partial charge >= 0.3 is 0 Å². The molecule has 0 aliphatic rings. The van der Waals surface area contributed by atoms with Gasteiger partial charge in [-0.05, 0) is 50.6 Å². The van der Waals surface area contributed by atoms with Gasteiger partial charge in [0, 0.05) is 25.0 Å². The average Bonchev–Trinajstić information content (AvgIpc) is 2.74. The summed E-state index contributed by atoms with van der Waals surface area (Å²) in [6.07, 6.45) is 1.69. The molecule has 0 saturated heterocycles. The van der Waals surface area contributed by atoms with Crippen molar-refractivity contribution in [2.24, 2.45) is 0 Å². The minimum atomic E-state index is -0.262. The van der Waals surface area contributed by atoms with E-state index in [9.17, 15) is 4.79 Å². The molecule has 0 atom stereocenters. The van der Waals surface area contributed by atoms with Gasteiger partial charge in [-0.3, -0.25) is 9.78 Å². The van der Waals surface area contributed by atoms with Gasteiger partial charge in [-0.2, -0.15) is 0 Å². The molecule has 0 radical (unpaired) electrons. The lowest BCUT2D eigenvalue weighted by Gasteiger charge is -2.23. The van der Waals surface area contributed by atoms with E-state index in [2.05, 4.69) is 34.3 Å². The van der Waals surface area contributed by atoms with Crippen molar-refractivity contribution >= 4 is 17.3 Å². The molecule has 2 aromatic carbocycles. The van der Waals surface area contributed by atoms with Gasteiger partial charge in [0.05, 0.1) is 11.8 Å². The third-order valence-electron chi connectivity index (χ3n) is 4.44. The summed E-state index contributed by atoms with van der Waals surface area (Å²) in [4.78, 5) is 19.3. The topological polar surface area (TPSA) is 54.5 Å². The number of nitrogens with zero attached hydrogens (tertiary/aromatic N) is 2. The normalized spacial score (nSPS) is 10.6. The van der Waals surface area contributed by atoms with E-state index in [1.807, 2.05) is 68.4 Å². The van der Waals surface area contributed by atoms with Crippen LogP contribution in [0.15, 0.2) is 72.9 Å². The van der Waals surface area contributed by atoms with E-state index in [1.165, 1.54) is 5.56 Å². The van der Waals surface area contributed by atoms with Crippen molar-refractivity contribution in [1.82, 2.24) is 4.98 Å². The minimum absolute atomic E-state index is 0.0191. The maximum absolute atomic E-state index is 12.8. The van der Waals surface area contributed by atoms with Crippen LogP contribution < -0.4 is 15.0 Å². The SMILES string of the molecule is CCN(Cc1ccccc1)c1ccnc(C(=O)Nc2ccccc2OC(C)C)c1. The first-order valence-electron chi connectivity index (χ1n) is 9.88. The van der Waals surface area contributed by atoms with E-state index in [-0.39, 0.29) is 12.0 Å². The summed E-state index contributed by atoms with van der Waals surface area (Å²) in [5.74, 6) is 0.383. The Kier molecular flexibility index (Phi) is 6.85. The summed E-state index contributed by atoms with van der Waals surface area (Å²) in [5, 5.41) is 2.92. The molecule has 3 aromatic rings. The van der Waals surface area contributed by atoms with Gasteiger partial charge in [0.2, 0.25) is 0 Å². The number of hydrogen-bond acceptors (Lipinski definition) is 4. The fourth-order valence-electron chi connectivity index (χ4n) is 3.04. The van der Waals surface area contributed by atoms with Crippen LogP contribution in [0.25, 0.3) is 0 Å². The van der Waals surface area contributed by atoms with E-state index in [4.69, 9.17) is 4.74 Å². The van der Waals surface area contributed by atoms with Gasteiger partial charge in [0.15, 0.2) is 0 Å². The first-order valence-corrected chi connectivity index (χ1v) is 9.88. The molecule has 5 nitrogen and oxygen atoms in total. The molecule has 0 bridgehead atoms. The third-order valence-corrected chi connectivity index (χ3v) is 4.44. The number of benzene rings is 2. The van der Waals surface area contributed by atoms with Crippen molar-refractivity contribution in [2.45, 2.75) is 33.4 Å². The predicted molar refractivity (Wildman–Crippen MR) is 118 cm³/mol. The zero-order valence-electron chi connectivity index (χ0n) is 17.1. The standard InChI is InChI=1S/C24H27N3O2/c1-4-27(17-19-10-6-5-7-11-19)20-14-15-25-22(16-20)24(28)26-21-12-8-9-13-23(21)29-18(2)3/h5-16,18H,4,17H2,1-3H3,(H,26,28). The summed E-state index contributed by atoms with van der Waals surface area (Å²) in [6.45, 7) is 7.60. The second kappa shape index (κ2) is 9.73. The van der Waals surface area contributed by atoms with E-state index >= 15 is 0 Å². The number of anilines is 2. The Morgan fingerprint density at radius 3 is 2.52 bits per heavy atom. The molecule has 0 fully saturated rings. The monoisotopic (exact) mass is 389 g/mol. The van der Waals surface area contributed by atoms with Crippen LogP contribution in [0.2, 0.25) is 0 Å². The van der Waals surface area contributed by atoms with Gasteiger partial charge in [-0.15, -0.1) is 0 Å². The van der Waals surface area contributed by atoms with Crippen molar-refractivity contribution in [3.05, 3.63) is 84.2 Å². The number of pyridine rings is 1. The molecule has 0 aliphatic carbocycles. The van der Waals surface area contributed by atoms with Gasteiger partial charge in [0.1, 0.15) is 11.4 Å². The van der Waals surface area contributed by atoms with Crippen LogP contribution in [0, 0.1) is 0 Å². The fraction of sp³-hybridized carbons (Fsp3) is 0.250. The fourth-order valence-corrected chi connectivity index (χ4v) is 3.04. The predicted octanol–water partition coefficient (Wildman–Crippen LogP) is 5.15. The van der Waals surface area contributed by atoms with Gasteiger partial charge in [-0.25, -0.2) is 0 Å². The van der Waals surface area contributed by atoms with Crippen molar-refractivity contribution in [2.75, 3.05) is 16.8 Å². The quantitative estimate of drug-likeness (QED) is 0.579. The molecule has 29 heavy (non-hydrogen) atoms. The smallest absolute Gasteiger partial charge is 0.274 e. The number of amides is 1. The van der Waals surface area contributed by atoms with Crippen molar-refractivity contribution in [3.63, 3.8) is 0 Å². The highest BCUT2D eigenvalue weighted by Crippen LogP contribution is 2.26. The highest BCUT2D eigenvalue weighted by molar-refractivity contribution is 6.04. The number of carbonyl (C=O) groups is 1. The van der Waals surface area contributed by atoms with Crippen molar-refractivity contribution < 1.29 is 9.53 Å². The van der Waals surface area contributed by atoms with Crippen LogP contribution in [0.3, 0.4) is 0 Å². The zero-order chi connectivity index (χ0) is 20.6. The zero-order valence-corrected chi connectivity index (χ0v) is 17.1. The molecule has 0 spiro atoms. The highest BCUT2D eigenvalue weighted by atomic mass is 16.5. The molecule has 1 N–H and O–H groups in total. The van der Waals surface area contributed by atoms with E-state index in [0.717, 1.165) is 18.8 Å². The summed E-state index contributed by atoms with van der Waals surface area (Å²) < 4.78 is 5.78. The molecular weight excluding hydrogens is 362 g/mol. The first kappa shape index (κ1) is 20.4. The second-order valence-corrected chi connectivity index (χ2v) is 7.02. The maximum Gasteiger partial charge on any atom is 0.274 e. The van der Waals surface area contributed by atoms with Crippen LogP contribution in [-0.4, -0.2) is 23.5 Å². The lowest BCUT2D eigenvalue weighted by atomic mass is 10.2. The molecule has 150 valence electrons. The lowest BCUT2D eigenvalue weighted by Crippen LogP contribution is -2.23. The third kappa shape index (κ3) is 5.57. The van der Waals surface area contributed by atoms with Gasteiger partial charge < -0.3 is 15.0 Å². The van der Waals surface area contributed by atoms with E-state index < -0.39 is 0 Å².